The third-order valence-corrected chi connectivity index (χ3v) is 16.6. The predicted octanol–water partition coefficient (Wildman–Crippen LogP) is 16.8. The van der Waals surface area contributed by atoms with Gasteiger partial charge in [-0.2, -0.15) is 0 Å². The summed E-state index contributed by atoms with van der Waals surface area (Å²) in [5.74, 6) is 0. The molecule has 2 aliphatic carbocycles. The van der Waals surface area contributed by atoms with Gasteiger partial charge in [0, 0.05) is 38.0 Å². The first kappa shape index (κ1) is 37.6. The SMILES string of the molecule is O=c1c2ccccc2c2cccc3c4cc(-c5ccc6c7ccc(-n8c9ccccc9c9cc%10c(cc98)-c8ccccc8C%108c9ccccc9-c9ccccc98)cc7c7ccccc7c6c5)ccc4n1c23. The van der Waals surface area contributed by atoms with Crippen LogP contribution in [0.25, 0.3) is 131 Å². The number of nitrogens with zero attached hydrogens (tertiary/aromatic N) is 2. The van der Waals surface area contributed by atoms with Crippen molar-refractivity contribution < 1.29 is 0 Å². The van der Waals surface area contributed by atoms with Crippen LogP contribution < -0.4 is 5.56 Å². The first-order valence-corrected chi connectivity index (χ1v) is 24.6. The van der Waals surface area contributed by atoms with Crippen LogP contribution in [0.4, 0.5) is 0 Å². The second-order valence-electron chi connectivity index (χ2n) is 19.8. The lowest BCUT2D eigenvalue weighted by atomic mass is 9.70. The Morgan fingerprint density at radius 1 is 0.282 bits per heavy atom. The molecule has 0 N–H and O–H groups in total. The highest BCUT2D eigenvalue weighted by molar-refractivity contribution is 6.27. The molecule has 12 aromatic carbocycles. The van der Waals surface area contributed by atoms with Gasteiger partial charge in [0.15, 0.2) is 0 Å². The molecule has 0 saturated heterocycles. The summed E-state index contributed by atoms with van der Waals surface area (Å²) in [5, 5.41) is 14.9. The average Bonchev–Trinajstić information content (AvgIpc) is 4.15. The van der Waals surface area contributed by atoms with Crippen LogP contribution in [0.3, 0.4) is 0 Å². The van der Waals surface area contributed by atoms with Gasteiger partial charge >= 0.3 is 0 Å². The van der Waals surface area contributed by atoms with Gasteiger partial charge in [0.05, 0.1) is 27.5 Å². The molecule has 1 spiro atoms. The number of benzene rings is 12. The molecular weight excluding hydrogens is 861 g/mol. The van der Waals surface area contributed by atoms with E-state index >= 15 is 0 Å². The molecule has 2 aliphatic rings. The van der Waals surface area contributed by atoms with Crippen molar-refractivity contribution in [2.24, 2.45) is 0 Å². The van der Waals surface area contributed by atoms with E-state index in [1.165, 1.54) is 98.6 Å². The number of hydrogen-bond acceptors (Lipinski definition) is 1. The number of pyridine rings is 1. The minimum absolute atomic E-state index is 0.0295. The maximum atomic E-state index is 14.1. The normalized spacial score (nSPS) is 13.5. The van der Waals surface area contributed by atoms with E-state index in [1.807, 2.05) is 22.6 Å². The van der Waals surface area contributed by atoms with E-state index in [2.05, 4.69) is 217 Å². The second kappa shape index (κ2) is 13.3. The zero-order chi connectivity index (χ0) is 46.3. The number of para-hydroxylation sites is 2. The van der Waals surface area contributed by atoms with Crippen LogP contribution in [0.2, 0.25) is 0 Å². The van der Waals surface area contributed by atoms with Gasteiger partial charge in [-0.05, 0) is 148 Å². The molecule has 0 bridgehead atoms. The van der Waals surface area contributed by atoms with Gasteiger partial charge in [-0.1, -0.05) is 176 Å². The molecule has 0 unspecified atom stereocenters. The number of aromatic nitrogens is 2. The van der Waals surface area contributed by atoms with E-state index < -0.39 is 5.41 Å². The minimum atomic E-state index is -0.406. The highest BCUT2D eigenvalue weighted by atomic mass is 16.1. The molecule has 15 aromatic rings. The van der Waals surface area contributed by atoms with Crippen molar-refractivity contribution in [3.63, 3.8) is 0 Å². The Morgan fingerprint density at radius 2 is 0.761 bits per heavy atom. The van der Waals surface area contributed by atoms with E-state index in [4.69, 9.17) is 0 Å². The average molecular weight is 899 g/mol. The molecule has 3 nitrogen and oxygen atoms in total. The molecule has 0 fully saturated rings. The summed E-state index contributed by atoms with van der Waals surface area (Å²) in [6.45, 7) is 0. The first-order chi connectivity index (χ1) is 35.1. The Kier molecular flexibility index (Phi) is 7.03. The Balaban J connectivity index is 0.866. The second-order valence-corrected chi connectivity index (χ2v) is 19.8. The summed E-state index contributed by atoms with van der Waals surface area (Å²) in [6, 6.07) is 85.1. The van der Waals surface area contributed by atoms with Crippen LogP contribution in [-0.4, -0.2) is 8.97 Å². The maximum absolute atomic E-state index is 14.1. The Bertz CT molecular complexity index is 4910. The summed E-state index contributed by atoms with van der Waals surface area (Å²) >= 11 is 0. The molecule has 17 rings (SSSR count). The van der Waals surface area contributed by atoms with Crippen molar-refractivity contribution in [1.82, 2.24) is 8.97 Å². The molecule has 0 atom stereocenters. The molecule has 0 saturated carbocycles. The van der Waals surface area contributed by atoms with E-state index in [1.54, 1.807) is 0 Å². The Morgan fingerprint density at radius 3 is 1.45 bits per heavy atom. The predicted molar refractivity (Wildman–Crippen MR) is 296 cm³/mol. The highest BCUT2D eigenvalue weighted by Gasteiger charge is 2.51. The fraction of sp³-hybridized carbons (Fsp3) is 0.0147. The summed E-state index contributed by atoms with van der Waals surface area (Å²) in [7, 11) is 0. The van der Waals surface area contributed by atoms with Crippen molar-refractivity contribution >= 4 is 92.1 Å². The van der Waals surface area contributed by atoms with Gasteiger partial charge in [-0.15, -0.1) is 0 Å². The van der Waals surface area contributed by atoms with Crippen molar-refractivity contribution in [3.05, 3.63) is 263 Å². The number of rotatable bonds is 2. The van der Waals surface area contributed by atoms with Crippen LogP contribution in [0.5, 0.6) is 0 Å². The third-order valence-electron chi connectivity index (χ3n) is 16.6. The van der Waals surface area contributed by atoms with Crippen LogP contribution in [0.15, 0.2) is 235 Å². The molecule has 0 amide bonds. The Labute approximate surface area is 406 Å². The number of fused-ring (bicyclic) bond motifs is 24. The maximum Gasteiger partial charge on any atom is 0.263 e. The molecule has 0 radical (unpaired) electrons. The van der Waals surface area contributed by atoms with Gasteiger partial charge in [0.2, 0.25) is 0 Å². The highest BCUT2D eigenvalue weighted by Crippen LogP contribution is 2.63. The van der Waals surface area contributed by atoms with E-state index in [-0.39, 0.29) is 5.56 Å². The van der Waals surface area contributed by atoms with E-state index in [0.717, 1.165) is 54.8 Å². The lowest BCUT2D eigenvalue weighted by Crippen LogP contribution is -2.25. The van der Waals surface area contributed by atoms with E-state index in [9.17, 15) is 4.79 Å². The largest absolute Gasteiger partial charge is 0.309 e. The summed E-state index contributed by atoms with van der Waals surface area (Å²) in [5.41, 5.74) is 18.0. The minimum Gasteiger partial charge on any atom is -0.309 e. The molecule has 71 heavy (non-hydrogen) atoms. The topological polar surface area (TPSA) is 26.4 Å². The van der Waals surface area contributed by atoms with Crippen molar-refractivity contribution in [2.45, 2.75) is 5.41 Å². The van der Waals surface area contributed by atoms with Gasteiger partial charge < -0.3 is 4.57 Å². The fourth-order valence-corrected chi connectivity index (χ4v) is 13.8. The van der Waals surface area contributed by atoms with Gasteiger partial charge in [-0.25, -0.2) is 0 Å². The van der Waals surface area contributed by atoms with Gasteiger partial charge in [0.25, 0.3) is 5.56 Å². The molecule has 3 heterocycles. The fourth-order valence-electron chi connectivity index (χ4n) is 13.8. The van der Waals surface area contributed by atoms with Crippen LogP contribution in [-0.2, 0) is 5.41 Å². The van der Waals surface area contributed by atoms with Crippen molar-refractivity contribution in [3.8, 4) is 39.1 Å². The molecule has 3 aromatic heterocycles. The summed E-state index contributed by atoms with van der Waals surface area (Å²) in [4.78, 5) is 14.1. The molecule has 0 aliphatic heterocycles. The number of hydrogen-bond donors (Lipinski definition) is 0. The molecular formula is C68H38N2O. The Hall–Kier alpha value is -9.31. The van der Waals surface area contributed by atoms with E-state index in [0.29, 0.717) is 0 Å². The van der Waals surface area contributed by atoms with Gasteiger partial charge in [0.1, 0.15) is 0 Å². The smallest absolute Gasteiger partial charge is 0.263 e. The summed E-state index contributed by atoms with van der Waals surface area (Å²) < 4.78 is 4.43. The zero-order valence-electron chi connectivity index (χ0n) is 38.2. The van der Waals surface area contributed by atoms with Crippen LogP contribution in [0, 0.1) is 0 Å². The van der Waals surface area contributed by atoms with Crippen LogP contribution in [0.1, 0.15) is 22.3 Å². The van der Waals surface area contributed by atoms with Gasteiger partial charge in [-0.3, -0.25) is 9.20 Å². The molecule has 326 valence electrons. The quantitative estimate of drug-likeness (QED) is 0.159. The first-order valence-electron chi connectivity index (χ1n) is 24.6. The lowest BCUT2D eigenvalue weighted by Gasteiger charge is -2.30. The van der Waals surface area contributed by atoms with Crippen LogP contribution >= 0.6 is 0 Å². The van der Waals surface area contributed by atoms with Crippen molar-refractivity contribution in [1.29, 1.82) is 0 Å². The third kappa shape index (κ3) is 4.58. The molecule has 3 heteroatoms. The lowest BCUT2D eigenvalue weighted by molar-refractivity contribution is 0.795. The van der Waals surface area contributed by atoms with Crippen molar-refractivity contribution in [2.75, 3.05) is 0 Å². The standard InChI is InChI=1S/C68H38N2O/c71-67-53-21-4-3-16-44(53)51-22-13-23-52-57-35-40(29-33-64(57)70(67)66(51)52)39-28-31-45-46-32-30-41(36-55(46)43-15-2-1-14-42(43)54(45)34-39)69-63-27-12-8-20-50(63)58-37-62-56(38-65(58)69)49-19-7-11-26-61(49)68(62)59-24-9-5-17-47(59)48-18-6-10-25-60(48)68/h1-38H. The zero-order valence-corrected chi connectivity index (χ0v) is 38.2. The summed E-state index contributed by atoms with van der Waals surface area (Å²) in [6.07, 6.45) is 0. The monoisotopic (exact) mass is 898 g/mol.